The Bertz CT molecular complexity index is 536. The van der Waals surface area contributed by atoms with Crippen LogP contribution in [0.2, 0.25) is 0 Å². The molecule has 1 aliphatic heterocycles. The molecule has 1 aliphatic carbocycles. The van der Waals surface area contributed by atoms with Crippen LogP contribution < -0.4 is 10.1 Å². The number of carbonyl (C=O) groups excluding carboxylic acids is 1. The van der Waals surface area contributed by atoms with Gasteiger partial charge in [0.1, 0.15) is 5.75 Å². The third kappa shape index (κ3) is 2.96. The number of para-hydroxylation sites is 1. The lowest BCUT2D eigenvalue weighted by atomic mass is 10.0. The fraction of sp³-hybridized carbons (Fsp3) is 0.588. The van der Waals surface area contributed by atoms with Crippen LogP contribution in [-0.4, -0.2) is 50.3 Å². The van der Waals surface area contributed by atoms with Crippen LogP contribution in [0.4, 0.5) is 0 Å². The van der Waals surface area contributed by atoms with Crippen molar-refractivity contribution in [2.24, 2.45) is 0 Å². The number of nitrogens with zero attached hydrogens (tertiary/aromatic N) is 1. The van der Waals surface area contributed by atoms with Gasteiger partial charge in [0, 0.05) is 18.7 Å². The van der Waals surface area contributed by atoms with Crippen LogP contribution >= 0.6 is 0 Å². The number of hydrogen-bond acceptors (Lipinski definition) is 4. The predicted octanol–water partition coefficient (Wildman–Crippen LogP) is 1.52. The monoisotopic (exact) mass is 304 g/mol. The van der Waals surface area contributed by atoms with Crippen molar-refractivity contribution in [3.8, 4) is 5.75 Å². The van der Waals surface area contributed by atoms with Crippen molar-refractivity contribution in [3.05, 3.63) is 29.8 Å². The Hall–Kier alpha value is -1.59. The Labute approximate surface area is 131 Å². The summed E-state index contributed by atoms with van der Waals surface area (Å²) in [6.45, 7) is 5.01. The Morgan fingerprint density at radius 3 is 2.64 bits per heavy atom. The van der Waals surface area contributed by atoms with Gasteiger partial charge in [-0.05, 0) is 25.8 Å². The molecule has 1 aromatic carbocycles. The molecule has 1 heterocycles. The maximum absolute atomic E-state index is 12.6. The number of benzene rings is 1. The Balaban J connectivity index is 1.70. The van der Waals surface area contributed by atoms with E-state index in [1.54, 1.807) is 7.11 Å². The highest BCUT2D eigenvalue weighted by molar-refractivity contribution is 5.83. The zero-order valence-electron chi connectivity index (χ0n) is 13.3. The van der Waals surface area contributed by atoms with Crippen LogP contribution in [0.1, 0.15) is 25.3 Å². The number of rotatable bonds is 5. The third-order valence-electron chi connectivity index (χ3n) is 4.71. The minimum Gasteiger partial charge on any atom is -0.496 e. The van der Waals surface area contributed by atoms with Crippen molar-refractivity contribution in [2.75, 3.05) is 33.4 Å². The second-order valence-electron chi connectivity index (χ2n) is 6.10. The first-order valence-corrected chi connectivity index (χ1v) is 7.93. The summed E-state index contributed by atoms with van der Waals surface area (Å²) in [4.78, 5) is 14.8. The average Bonchev–Trinajstić information content (AvgIpc) is 3.35. The van der Waals surface area contributed by atoms with E-state index in [2.05, 4.69) is 10.2 Å². The molecule has 2 aliphatic rings. The number of carbonyl (C=O) groups is 1. The molecule has 1 amide bonds. The molecule has 1 atom stereocenters. The normalized spacial score (nSPS) is 21.9. The summed E-state index contributed by atoms with van der Waals surface area (Å²) in [5, 5.41) is 3.25. The summed E-state index contributed by atoms with van der Waals surface area (Å²) in [5.41, 5.74) is 0.838. The van der Waals surface area contributed by atoms with Crippen LogP contribution in [0.3, 0.4) is 0 Å². The van der Waals surface area contributed by atoms with Crippen molar-refractivity contribution < 1.29 is 14.3 Å². The lowest BCUT2D eigenvalue weighted by Crippen LogP contribution is -2.51. The van der Waals surface area contributed by atoms with Crippen LogP contribution in [0, 0.1) is 0 Å². The molecule has 0 aromatic heterocycles. The van der Waals surface area contributed by atoms with E-state index in [0.29, 0.717) is 13.2 Å². The third-order valence-corrected chi connectivity index (χ3v) is 4.71. The van der Waals surface area contributed by atoms with Crippen LogP contribution in [0.25, 0.3) is 0 Å². The maximum atomic E-state index is 12.6. The molecule has 5 heteroatoms. The van der Waals surface area contributed by atoms with Gasteiger partial charge in [0.25, 0.3) is 0 Å². The van der Waals surface area contributed by atoms with Gasteiger partial charge in [0.2, 0.25) is 5.91 Å². The molecule has 1 aromatic rings. The molecule has 120 valence electrons. The van der Waals surface area contributed by atoms with E-state index in [0.717, 1.165) is 37.2 Å². The molecule has 2 fully saturated rings. The second kappa shape index (κ2) is 6.26. The number of morpholine rings is 1. The summed E-state index contributed by atoms with van der Waals surface area (Å²) < 4.78 is 10.8. The zero-order valence-corrected chi connectivity index (χ0v) is 13.3. The van der Waals surface area contributed by atoms with Gasteiger partial charge in [-0.3, -0.25) is 9.69 Å². The quantitative estimate of drug-likeness (QED) is 0.896. The molecule has 1 N–H and O–H groups in total. The summed E-state index contributed by atoms with van der Waals surface area (Å²) in [7, 11) is 1.67. The lowest BCUT2D eigenvalue weighted by Gasteiger charge is -2.32. The molecule has 1 saturated carbocycles. The Kier molecular flexibility index (Phi) is 4.36. The smallest absolute Gasteiger partial charge is 0.237 e. The molecule has 1 saturated heterocycles. The minimum absolute atomic E-state index is 0.0882. The number of amides is 1. The topological polar surface area (TPSA) is 50.8 Å². The summed E-state index contributed by atoms with van der Waals surface area (Å²) >= 11 is 0. The first-order valence-electron chi connectivity index (χ1n) is 7.93. The minimum atomic E-state index is -0.246. The number of hydrogen-bond donors (Lipinski definition) is 1. The highest BCUT2D eigenvalue weighted by Crippen LogP contribution is 2.48. The lowest BCUT2D eigenvalue weighted by molar-refractivity contribution is -0.128. The number of ether oxygens (including phenoxy) is 2. The van der Waals surface area contributed by atoms with Gasteiger partial charge in [0.15, 0.2) is 0 Å². The van der Waals surface area contributed by atoms with Gasteiger partial charge in [-0.2, -0.15) is 0 Å². The van der Waals surface area contributed by atoms with Crippen LogP contribution in [0.5, 0.6) is 5.75 Å². The van der Waals surface area contributed by atoms with Gasteiger partial charge in [0.05, 0.1) is 31.9 Å². The van der Waals surface area contributed by atoms with Gasteiger partial charge in [-0.15, -0.1) is 0 Å². The molecular weight excluding hydrogens is 280 g/mol. The van der Waals surface area contributed by atoms with E-state index < -0.39 is 0 Å². The fourth-order valence-corrected chi connectivity index (χ4v) is 3.10. The van der Waals surface area contributed by atoms with Crippen molar-refractivity contribution in [1.82, 2.24) is 10.2 Å². The summed E-state index contributed by atoms with van der Waals surface area (Å²) in [6.07, 6.45) is 1.93. The number of nitrogens with one attached hydrogen (secondary N) is 1. The number of methoxy groups -OCH3 is 1. The molecule has 0 spiro atoms. The first-order chi connectivity index (χ1) is 10.7. The van der Waals surface area contributed by atoms with E-state index >= 15 is 0 Å². The second-order valence-corrected chi connectivity index (χ2v) is 6.10. The highest BCUT2D eigenvalue weighted by Gasteiger charge is 2.48. The molecule has 1 unspecified atom stereocenters. The fourth-order valence-electron chi connectivity index (χ4n) is 3.10. The first kappa shape index (κ1) is 15.3. The van der Waals surface area contributed by atoms with E-state index in [9.17, 15) is 4.79 Å². The van der Waals surface area contributed by atoms with E-state index in [4.69, 9.17) is 9.47 Å². The summed E-state index contributed by atoms with van der Waals surface area (Å²) in [5.74, 6) is 0.935. The van der Waals surface area contributed by atoms with Gasteiger partial charge < -0.3 is 14.8 Å². The van der Waals surface area contributed by atoms with Crippen LogP contribution in [-0.2, 0) is 15.1 Å². The van der Waals surface area contributed by atoms with E-state index in [-0.39, 0.29) is 17.5 Å². The Morgan fingerprint density at radius 1 is 1.32 bits per heavy atom. The zero-order chi connectivity index (χ0) is 15.6. The van der Waals surface area contributed by atoms with Gasteiger partial charge in [-0.1, -0.05) is 18.2 Å². The molecule has 22 heavy (non-hydrogen) atoms. The van der Waals surface area contributed by atoms with E-state index in [1.807, 2.05) is 31.2 Å². The standard InChI is InChI=1S/C17H24N2O3/c1-13(19-9-11-22-12-10-19)16(20)18-17(7-8-17)14-5-3-4-6-15(14)21-2/h3-6,13H,7-12H2,1-2H3,(H,18,20). The largest absolute Gasteiger partial charge is 0.496 e. The average molecular weight is 304 g/mol. The van der Waals surface area contributed by atoms with E-state index in [1.165, 1.54) is 0 Å². The van der Waals surface area contributed by atoms with Crippen molar-refractivity contribution in [3.63, 3.8) is 0 Å². The summed E-state index contributed by atoms with van der Waals surface area (Å²) in [6, 6.07) is 7.82. The molecule has 5 nitrogen and oxygen atoms in total. The van der Waals surface area contributed by atoms with Gasteiger partial charge in [-0.25, -0.2) is 0 Å². The SMILES string of the molecule is COc1ccccc1C1(NC(=O)C(C)N2CCOCC2)CC1. The molecule has 0 bridgehead atoms. The van der Waals surface area contributed by atoms with Crippen molar-refractivity contribution in [1.29, 1.82) is 0 Å². The molecule has 3 rings (SSSR count). The van der Waals surface area contributed by atoms with Crippen LogP contribution in [0.15, 0.2) is 24.3 Å². The van der Waals surface area contributed by atoms with Gasteiger partial charge >= 0.3 is 0 Å². The molecular formula is C17H24N2O3. The highest BCUT2D eigenvalue weighted by atomic mass is 16.5. The maximum Gasteiger partial charge on any atom is 0.237 e. The van der Waals surface area contributed by atoms with Crippen molar-refractivity contribution in [2.45, 2.75) is 31.3 Å². The Morgan fingerprint density at radius 2 is 2.00 bits per heavy atom. The van der Waals surface area contributed by atoms with Crippen molar-refractivity contribution >= 4 is 5.91 Å². The predicted molar refractivity (Wildman–Crippen MR) is 83.9 cm³/mol. The molecule has 0 radical (unpaired) electrons.